The first-order chi connectivity index (χ1) is 9.67. The normalized spacial score (nSPS) is 11.3. The Labute approximate surface area is 124 Å². The quantitative estimate of drug-likeness (QED) is 0.654. The molecule has 1 rings (SSSR count). The lowest BCUT2D eigenvalue weighted by atomic mass is 10.3. The predicted octanol–water partition coefficient (Wildman–Crippen LogP) is 2.18. The van der Waals surface area contributed by atoms with Gasteiger partial charge in [0.15, 0.2) is 0 Å². The Balaban J connectivity index is 2.55. The minimum atomic E-state index is 1.05. The molecule has 0 bridgehead atoms. The van der Waals surface area contributed by atoms with Crippen LogP contribution in [0, 0.1) is 0 Å². The fourth-order valence-corrected chi connectivity index (χ4v) is 2.26. The summed E-state index contributed by atoms with van der Waals surface area (Å²) in [5.74, 6) is 1.10. The van der Waals surface area contributed by atoms with Crippen molar-refractivity contribution in [1.82, 2.24) is 14.8 Å². The first-order valence-corrected chi connectivity index (χ1v) is 7.70. The van der Waals surface area contributed by atoms with Crippen molar-refractivity contribution in [1.29, 1.82) is 0 Å². The largest absolute Gasteiger partial charge is 0.355 e. The van der Waals surface area contributed by atoms with Gasteiger partial charge in [-0.05, 0) is 52.3 Å². The number of rotatable bonds is 10. The smallest absolute Gasteiger partial charge is 0.128 e. The first kappa shape index (κ1) is 16.9. The Hall–Kier alpha value is -1.13. The highest BCUT2D eigenvalue weighted by atomic mass is 15.2. The zero-order valence-corrected chi connectivity index (χ0v) is 13.5. The number of likely N-dealkylation sites (N-methyl/N-ethyl adjacent to an activating group) is 1. The highest BCUT2D eigenvalue weighted by Gasteiger charge is 2.09. The van der Waals surface area contributed by atoms with Gasteiger partial charge < -0.3 is 14.7 Å². The topological polar surface area (TPSA) is 22.6 Å². The standard InChI is InChI=1S/C16H30N4/c1-5-19(6-2)14-15-20(13-9-12-18(3)4)16-10-7-8-11-17-16/h7-8,10-11H,5-6,9,12-15H2,1-4H3. The molecule has 0 aliphatic carbocycles. The molecule has 0 amide bonds. The lowest BCUT2D eigenvalue weighted by Gasteiger charge is -2.27. The molecule has 0 fully saturated rings. The zero-order valence-electron chi connectivity index (χ0n) is 13.5. The molecule has 20 heavy (non-hydrogen) atoms. The summed E-state index contributed by atoms with van der Waals surface area (Å²) in [7, 11) is 4.25. The van der Waals surface area contributed by atoms with Crippen LogP contribution in [0.25, 0.3) is 0 Å². The summed E-state index contributed by atoms with van der Waals surface area (Å²) in [6.07, 6.45) is 3.05. The van der Waals surface area contributed by atoms with Crippen molar-refractivity contribution in [2.45, 2.75) is 20.3 Å². The Bertz CT molecular complexity index is 336. The van der Waals surface area contributed by atoms with Gasteiger partial charge in [-0.3, -0.25) is 0 Å². The van der Waals surface area contributed by atoms with E-state index in [2.05, 4.69) is 59.8 Å². The fraction of sp³-hybridized carbons (Fsp3) is 0.688. The minimum absolute atomic E-state index is 1.05. The summed E-state index contributed by atoms with van der Waals surface area (Å²) in [5, 5.41) is 0. The van der Waals surface area contributed by atoms with Crippen LogP contribution in [0.5, 0.6) is 0 Å². The van der Waals surface area contributed by atoms with E-state index in [0.717, 1.165) is 45.1 Å². The molecule has 0 atom stereocenters. The van der Waals surface area contributed by atoms with E-state index in [0.29, 0.717) is 0 Å². The van der Waals surface area contributed by atoms with Gasteiger partial charge in [-0.2, -0.15) is 0 Å². The number of anilines is 1. The van der Waals surface area contributed by atoms with Gasteiger partial charge in [-0.15, -0.1) is 0 Å². The van der Waals surface area contributed by atoms with E-state index in [-0.39, 0.29) is 0 Å². The molecule has 0 aromatic carbocycles. The number of aromatic nitrogens is 1. The van der Waals surface area contributed by atoms with Crippen molar-refractivity contribution in [3.8, 4) is 0 Å². The SMILES string of the molecule is CCN(CC)CCN(CCCN(C)C)c1ccccn1. The van der Waals surface area contributed by atoms with Gasteiger partial charge in [0.25, 0.3) is 0 Å². The van der Waals surface area contributed by atoms with Crippen molar-refractivity contribution in [3.63, 3.8) is 0 Å². The number of nitrogens with zero attached hydrogens (tertiary/aromatic N) is 4. The molecule has 0 unspecified atom stereocenters. The third-order valence-electron chi connectivity index (χ3n) is 3.59. The van der Waals surface area contributed by atoms with E-state index in [4.69, 9.17) is 0 Å². The molecule has 0 saturated carbocycles. The summed E-state index contributed by atoms with van der Waals surface area (Å²) in [5.41, 5.74) is 0. The van der Waals surface area contributed by atoms with Gasteiger partial charge in [-0.1, -0.05) is 19.9 Å². The van der Waals surface area contributed by atoms with E-state index in [1.807, 2.05) is 12.3 Å². The van der Waals surface area contributed by atoms with Gasteiger partial charge in [0.2, 0.25) is 0 Å². The molecule has 0 N–H and O–H groups in total. The Kier molecular flexibility index (Phi) is 8.23. The van der Waals surface area contributed by atoms with Crippen LogP contribution in [-0.4, -0.2) is 68.1 Å². The molecule has 4 nitrogen and oxygen atoms in total. The molecule has 1 aromatic rings. The van der Waals surface area contributed by atoms with E-state index in [9.17, 15) is 0 Å². The van der Waals surface area contributed by atoms with Crippen LogP contribution >= 0.6 is 0 Å². The molecule has 1 aromatic heterocycles. The third kappa shape index (κ3) is 6.35. The second-order valence-electron chi connectivity index (χ2n) is 5.36. The van der Waals surface area contributed by atoms with Crippen molar-refractivity contribution in [2.24, 2.45) is 0 Å². The average Bonchev–Trinajstić information content (AvgIpc) is 2.47. The van der Waals surface area contributed by atoms with Crippen molar-refractivity contribution in [3.05, 3.63) is 24.4 Å². The molecule has 0 spiro atoms. The Morgan fingerprint density at radius 2 is 1.70 bits per heavy atom. The van der Waals surface area contributed by atoms with Crippen LogP contribution < -0.4 is 4.90 Å². The van der Waals surface area contributed by atoms with Crippen molar-refractivity contribution < 1.29 is 0 Å². The lowest BCUT2D eigenvalue weighted by Crippen LogP contribution is -2.36. The zero-order chi connectivity index (χ0) is 14.8. The molecular formula is C16H30N4. The summed E-state index contributed by atoms with van der Waals surface area (Å²) in [4.78, 5) is 11.6. The molecule has 1 heterocycles. The summed E-state index contributed by atoms with van der Waals surface area (Å²) >= 11 is 0. The monoisotopic (exact) mass is 278 g/mol. The summed E-state index contributed by atoms with van der Waals surface area (Å²) < 4.78 is 0. The highest BCUT2D eigenvalue weighted by Crippen LogP contribution is 2.10. The van der Waals surface area contributed by atoms with Gasteiger partial charge in [0.1, 0.15) is 5.82 Å². The van der Waals surface area contributed by atoms with E-state index < -0.39 is 0 Å². The number of hydrogen-bond acceptors (Lipinski definition) is 4. The van der Waals surface area contributed by atoms with E-state index >= 15 is 0 Å². The number of hydrogen-bond donors (Lipinski definition) is 0. The van der Waals surface area contributed by atoms with Gasteiger partial charge in [0, 0.05) is 25.8 Å². The molecule has 0 radical (unpaired) electrons. The van der Waals surface area contributed by atoms with Crippen LogP contribution in [0.3, 0.4) is 0 Å². The predicted molar refractivity (Wildman–Crippen MR) is 87.4 cm³/mol. The fourth-order valence-electron chi connectivity index (χ4n) is 2.26. The molecule has 4 heteroatoms. The van der Waals surface area contributed by atoms with Gasteiger partial charge >= 0.3 is 0 Å². The number of pyridine rings is 1. The summed E-state index contributed by atoms with van der Waals surface area (Å²) in [6.45, 7) is 11.0. The van der Waals surface area contributed by atoms with Crippen LogP contribution in [-0.2, 0) is 0 Å². The average molecular weight is 278 g/mol. The van der Waals surface area contributed by atoms with Crippen LogP contribution in [0.15, 0.2) is 24.4 Å². The molecule has 0 aliphatic rings. The molecule has 0 saturated heterocycles. The summed E-state index contributed by atoms with van der Waals surface area (Å²) in [6, 6.07) is 6.16. The van der Waals surface area contributed by atoms with Crippen molar-refractivity contribution in [2.75, 3.05) is 58.3 Å². The van der Waals surface area contributed by atoms with E-state index in [1.54, 1.807) is 0 Å². The second-order valence-corrected chi connectivity index (χ2v) is 5.36. The Morgan fingerprint density at radius 1 is 0.950 bits per heavy atom. The van der Waals surface area contributed by atoms with Gasteiger partial charge in [-0.25, -0.2) is 4.98 Å². The van der Waals surface area contributed by atoms with Crippen molar-refractivity contribution >= 4 is 5.82 Å². The minimum Gasteiger partial charge on any atom is -0.355 e. The molecule has 114 valence electrons. The third-order valence-corrected chi connectivity index (χ3v) is 3.59. The highest BCUT2D eigenvalue weighted by molar-refractivity contribution is 5.37. The first-order valence-electron chi connectivity index (χ1n) is 7.70. The van der Waals surface area contributed by atoms with Gasteiger partial charge in [0.05, 0.1) is 0 Å². The maximum atomic E-state index is 4.50. The van der Waals surface area contributed by atoms with Crippen LogP contribution in [0.2, 0.25) is 0 Å². The lowest BCUT2D eigenvalue weighted by molar-refractivity contribution is 0.308. The second kappa shape index (κ2) is 9.72. The molecule has 0 aliphatic heterocycles. The van der Waals surface area contributed by atoms with E-state index in [1.165, 1.54) is 6.42 Å². The maximum Gasteiger partial charge on any atom is 0.128 e. The maximum absolute atomic E-state index is 4.50. The van der Waals surface area contributed by atoms with Crippen LogP contribution in [0.1, 0.15) is 20.3 Å². The Morgan fingerprint density at radius 3 is 2.25 bits per heavy atom. The molecular weight excluding hydrogens is 248 g/mol. The van der Waals surface area contributed by atoms with Crippen LogP contribution in [0.4, 0.5) is 5.82 Å².